The van der Waals surface area contributed by atoms with Crippen LogP contribution in [0.25, 0.3) is 0 Å². The van der Waals surface area contributed by atoms with Crippen LogP contribution in [0.2, 0.25) is 0 Å². The molecular weight excluding hydrogens is 524 g/mol. The molecule has 37 heavy (non-hydrogen) atoms. The fourth-order valence-electron chi connectivity index (χ4n) is 4.70. The van der Waals surface area contributed by atoms with Crippen molar-refractivity contribution in [1.82, 2.24) is 0 Å². The predicted octanol–water partition coefficient (Wildman–Crippen LogP) is 11.2. The van der Waals surface area contributed by atoms with Gasteiger partial charge in [-0.1, -0.05) is 146 Å². The molecule has 0 aromatic carbocycles. The van der Waals surface area contributed by atoms with Gasteiger partial charge in [-0.05, 0) is 50.4 Å². The molecule has 224 valence electrons. The van der Waals surface area contributed by atoms with Gasteiger partial charge in [-0.15, -0.1) is 0 Å². The van der Waals surface area contributed by atoms with Crippen molar-refractivity contribution in [3.8, 4) is 0 Å². The smallest absolute Gasteiger partial charge is 0.305 e. The number of ether oxygens (including phenoxy) is 1. The minimum Gasteiger partial charge on any atom is -0.465 e. The van der Waals surface area contributed by atoms with Crippen LogP contribution in [-0.2, 0) is 9.53 Å². The third-order valence-electron chi connectivity index (χ3n) is 7.37. The predicted molar refractivity (Wildman–Crippen MR) is 168 cm³/mol. The minimum atomic E-state index is 0.0190. The number of rotatable bonds is 27. The van der Waals surface area contributed by atoms with E-state index >= 15 is 0 Å². The Bertz CT molecular complexity index is 430. The first-order valence-corrected chi connectivity index (χ1v) is 17.5. The summed E-state index contributed by atoms with van der Waals surface area (Å²) in [5.74, 6) is 1.18. The van der Waals surface area contributed by atoms with Crippen LogP contribution in [0.1, 0.15) is 175 Å². The Hall–Kier alpha value is -0.0900. The number of carbonyl (C=O) groups excluding carboxylic acids is 1. The molecule has 0 aromatic heterocycles. The standard InChI is InChI=1S/C21H41BrO2.C12H26O/c1-3-5-7-12-16-20(15-6-4-2)19-24-21(23)17-13-10-8-9-11-14-18-22;1-3-5-7-8-10-12(11-13)9-6-4-2/h20H,3-19H2,1-2H3;12-13H,3-11H2,1-2H3. The van der Waals surface area contributed by atoms with E-state index in [0.717, 1.165) is 18.2 Å². The summed E-state index contributed by atoms with van der Waals surface area (Å²) in [6.07, 6.45) is 28.3. The average Bonchev–Trinajstić information content (AvgIpc) is 2.91. The molecule has 0 aliphatic rings. The molecule has 0 aliphatic carbocycles. The lowest BCUT2D eigenvalue weighted by Gasteiger charge is -2.16. The lowest BCUT2D eigenvalue weighted by Crippen LogP contribution is -2.14. The number of aliphatic hydroxyl groups excluding tert-OH is 1. The third kappa shape index (κ3) is 32.0. The van der Waals surface area contributed by atoms with Crippen molar-refractivity contribution in [3.63, 3.8) is 0 Å². The van der Waals surface area contributed by atoms with Crippen molar-refractivity contribution in [3.05, 3.63) is 0 Å². The summed E-state index contributed by atoms with van der Waals surface area (Å²) in [6.45, 7) is 9.98. The van der Waals surface area contributed by atoms with Gasteiger partial charge in [0.25, 0.3) is 0 Å². The van der Waals surface area contributed by atoms with Gasteiger partial charge in [-0.2, -0.15) is 0 Å². The fourth-order valence-corrected chi connectivity index (χ4v) is 5.09. The minimum absolute atomic E-state index is 0.0190. The summed E-state index contributed by atoms with van der Waals surface area (Å²) >= 11 is 3.46. The maximum Gasteiger partial charge on any atom is 0.305 e. The van der Waals surface area contributed by atoms with Crippen molar-refractivity contribution in [2.24, 2.45) is 11.8 Å². The topological polar surface area (TPSA) is 46.5 Å². The largest absolute Gasteiger partial charge is 0.465 e. The molecule has 2 unspecified atom stereocenters. The number of esters is 1. The Balaban J connectivity index is 0. The lowest BCUT2D eigenvalue weighted by molar-refractivity contribution is -0.145. The summed E-state index contributed by atoms with van der Waals surface area (Å²) < 4.78 is 5.56. The zero-order chi connectivity index (χ0) is 27.8. The Morgan fingerprint density at radius 3 is 1.54 bits per heavy atom. The van der Waals surface area contributed by atoms with Crippen LogP contribution in [-0.4, -0.2) is 29.6 Å². The molecular formula is C33H67BrO3. The maximum absolute atomic E-state index is 11.9. The summed E-state index contributed by atoms with van der Waals surface area (Å²) in [5.41, 5.74) is 0. The van der Waals surface area contributed by atoms with Gasteiger partial charge in [-0.3, -0.25) is 4.79 Å². The third-order valence-corrected chi connectivity index (χ3v) is 7.93. The van der Waals surface area contributed by atoms with Crippen LogP contribution in [0, 0.1) is 11.8 Å². The highest BCUT2D eigenvalue weighted by Gasteiger charge is 2.12. The van der Waals surface area contributed by atoms with E-state index in [1.807, 2.05) is 0 Å². The number of unbranched alkanes of at least 4 members (excludes halogenated alkanes) is 13. The van der Waals surface area contributed by atoms with Crippen molar-refractivity contribution in [2.75, 3.05) is 18.5 Å². The maximum atomic E-state index is 11.9. The molecule has 4 heteroatoms. The number of hydrogen-bond acceptors (Lipinski definition) is 3. The van der Waals surface area contributed by atoms with Crippen LogP contribution in [0.4, 0.5) is 0 Å². The van der Waals surface area contributed by atoms with E-state index < -0.39 is 0 Å². The number of aliphatic hydroxyl groups is 1. The molecule has 0 saturated heterocycles. The zero-order valence-electron chi connectivity index (χ0n) is 25.7. The molecule has 2 atom stereocenters. The van der Waals surface area contributed by atoms with Crippen LogP contribution >= 0.6 is 15.9 Å². The molecule has 0 heterocycles. The van der Waals surface area contributed by atoms with E-state index in [0.29, 0.717) is 31.5 Å². The lowest BCUT2D eigenvalue weighted by atomic mass is 9.96. The summed E-state index contributed by atoms with van der Waals surface area (Å²) in [4.78, 5) is 11.9. The van der Waals surface area contributed by atoms with Crippen molar-refractivity contribution in [1.29, 1.82) is 0 Å². The first kappa shape index (κ1) is 39.1. The SMILES string of the molecule is CCCCCCC(CCCC)COC(=O)CCCCCCCCBr.CCCCCCC(CO)CCCC. The molecule has 0 bridgehead atoms. The number of carbonyl (C=O) groups is 1. The van der Waals surface area contributed by atoms with Crippen LogP contribution < -0.4 is 0 Å². The summed E-state index contributed by atoms with van der Waals surface area (Å²) in [6, 6.07) is 0. The zero-order valence-corrected chi connectivity index (χ0v) is 27.3. The van der Waals surface area contributed by atoms with E-state index in [1.165, 1.54) is 128 Å². The highest BCUT2D eigenvalue weighted by Crippen LogP contribution is 2.19. The molecule has 0 aromatic rings. The van der Waals surface area contributed by atoms with Gasteiger partial charge in [0.1, 0.15) is 0 Å². The number of alkyl halides is 1. The molecule has 0 rings (SSSR count). The van der Waals surface area contributed by atoms with Gasteiger partial charge in [0.05, 0.1) is 6.61 Å². The first-order valence-electron chi connectivity index (χ1n) is 16.4. The van der Waals surface area contributed by atoms with E-state index in [-0.39, 0.29) is 5.97 Å². The highest BCUT2D eigenvalue weighted by atomic mass is 79.9. The van der Waals surface area contributed by atoms with Crippen molar-refractivity contribution in [2.45, 2.75) is 175 Å². The van der Waals surface area contributed by atoms with Gasteiger partial charge in [0, 0.05) is 18.4 Å². The molecule has 1 N–H and O–H groups in total. The average molecular weight is 592 g/mol. The fraction of sp³-hybridized carbons (Fsp3) is 0.970. The Morgan fingerprint density at radius 1 is 0.595 bits per heavy atom. The van der Waals surface area contributed by atoms with E-state index in [2.05, 4.69) is 43.6 Å². The van der Waals surface area contributed by atoms with Gasteiger partial charge in [0.2, 0.25) is 0 Å². The summed E-state index contributed by atoms with van der Waals surface area (Å²) in [7, 11) is 0. The van der Waals surface area contributed by atoms with E-state index in [1.54, 1.807) is 0 Å². The second kappa shape index (κ2) is 33.9. The normalized spacial score (nSPS) is 12.6. The Kier molecular flexibility index (Phi) is 35.8. The highest BCUT2D eigenvalue weighted by molar-refractivity contribution is 9.09. The molecule has 0 aliphatic heterocycles. The van der Waals surface area contributed by atoms with Crippen molar-refractivity contribution >= 4 is 21.9 Å². The number of halogens is 1. The van der Waals surface area contributed by atoms with Crippen molar-refractivity contribution < 1.29 is 14.6 Å². The van der Waals surface area contributed by atoms with Gasteiger partial charge >= 0.3 is 5.97 Å². The molecule has 0 amide bonds. The summed E-state index contributed by atoms with van der Waals surface area (Å²) in [5, 5.41) is 10.2. The molecule has 0 saturated carbocycles. The quantitative estimate of drug-likeness (QED) is 0.0587. The van der Waals surface area contributed by atoms with Crippen LogP contribution in [0.5, 0.6) is 0 Å². The number of hydrogen-bond donors (Lipinski definition) is 1. The van der Waals surface area contributed by atoms with Gasteiger partial charge < -0.3 is 9.84 Å². The Morgan fingerprint density at radius 2 is 1.03 bits per heavy atom. The molecule has 0 radical (unpaired) electrons. The molecule has 0 spiro atoms. The van der Waals surface area contributed by atoms with Crippen LogP contribution in [0.3, 0.4) is 0 Å². The second-order valence-corrected chi connectivity index (χ2v) is 11.9. The van der Waals surface area contributed by atoms with Gasteiger partial charge in [0.15, 0.2) is 0 Å². The van der Waals surface area contributed by atoms with Gasteiger partial charge in [-0.25, -0.2) is 0 Å². The first-order chi connectivity index (χ1) is 18.1. The van der Waals surface area contributed by atoms with E-state index in [9.17, 15) is 4.79 Å². The molecule has 0 fully saturated rings. The Labute approximate surface area is 241 Å². The van der Waals surface area contributed by atoms with E-state index in [4.69, 9.17) is 9.84 Å². The van der Waals surface area contributed by atoms with Crippen LogP contribution in [0.15, 0.2) is 0 Å². The second-order valence-electron chi connectivity index (χ2n) is 11.1. The monoisotopic (exact) mass is 590 g/mol. The molecule has 3 nitrogen and oxygen atoms in total.